The number of nitro groups is 1. The minimum absolute atomic E-state index is 0.0432. The van der Waals surface area contributed by atoms with Crippen LogP contribution in [0, 0.1) is 21.4 Å². The minimum Gasteiger partial charge on any atom is -0.456 e. The molecular weight excluding hydrogens is 440 g/mol. The first-order chi connectivity index (χ1) is 11.5. The Morgan fingerprint density at radius 1 is 1.08 bits per heavy atom. The first-order valence-corrected chi connectivity index (χ1v) is 8.32. The smallest absolute Gasteiger partial charge is 0.287 e. The van der Waals surface area contributed by atoms with Crippen LogP contribution < -0.4 is 4.74 Å². The van der Waals surface area contributed by atoms with E-state index in [1.165, 1.54) is 18.2 Å². The van der Waals surface area contributed by atoms with E-state index < -0.39 is 4.92 Å². The number of ether oxygens (including phenoxy) is 1. The molecule has 3 aromatic carbocycles. The van der Waals surface area contributed by atoms with E-state index >= 15 is 0 Å². The standard InChI is InChI=1S/C17H8Br2N2O3/c18-12-2-4-14-10(7-12)1-6-16(17(14)19)24-13-3-5-15(21(22)23)11(8-13)9-20/h1-8H. The highest BCUT2D eigenvalue weighted by atomic mass is 79.9. The Labute approximate surface area is 153 Å². The summed E-state index contributed by atoms with van der Waals surface area (Å²) in [6, 6.07) is 15.5. The Morgan fingerprint density at radius 2 is 1.88 bits per heavy atom. The van der Waals surface area contributed by atoms with Crippen LogP contribution in [0.1, 0.15) is 5.56 Å². The van der Waals surface area contributed by atoms with Crippen LogP contribution in [0.2, 0.25) is 0 Å². The van der Waals surface area contributed by atoms with Crippen molar-refractivity contribution in [3.63, 3.8) is 0 Å². The second-order valence-corrected chi connectivity index (χ2v) is 6.60. The van der Waals surface area contributed by atoms with Crippen molar-refractivity contribution in [2.45, 2.75) is 0 Å². The number of rotatable bonds is 3. The molecule has 0 saturated heterocycles. The zero-order chi connectivity index (χ0) is 17.3. The number of benzene rings is 3. The van der Waals surface area contributed by atoms with E-state index in [1.54, 1.807) is 6.07 Å². The van der Waals surface area contributed by atoms with Gasteiger partial charge in [0.1, 0.15) is 23.1 Å². The van der Waals surface area contributed by atoms with Crippen LogP contribution in [0.3, 0.4) is 0 Å². The van der Waals surface area contributed by atoms with E-state index in [-0.39, 0.29) is 11.3 Å². The third-order valence-electron chi connectivity index (χ3n) is 3.39. The van der Waals surface area contributed by atoms with Crippen LogP contribution in [0.25, 0.3) is 10.8 Å². The molecule has 0 aliphatic heterocycles. The van der Waals surface area contributed by atoms with Crippen LogP contribution in [0.4, 0.5) is 5.69 Å². The lowest BCUT2D eigenvalue weighted by Gasteiger charge is -2.10. The number of nitro benzene ring substituents is 1. The first kappa shape index (κ1) is 16.4. The fourth-order valence-electron chi connectivity index (χ4n) is 2.28. The minimum atomic E-state index is -0.591. The van der Waals surface area contributed by atoms with Gasteiger partial charge < -0.3 is 4.74 Å². The van der Waals surface area contributed by atoms with Crippen molar-refractivity contribution in [3.05, 3.63) is 73.2 Å². The van der Waals surface area contributed by atoms with Gasteiger partial charge in [-0.3, -0.25) is 10.1 Å². The van der Waals surface area contributed by atoms with E-state index in [4.69, 9.17) is 10.00 Å². The molecule has 3 rings (SSSR count). The van der Waals surface area contributed by atoms with Gasteiger partial charge in [0.25, 0.3) is 5.69 Å². The molecule has 5 nitrogen and oxygen atoms in total. The van der Waals surface area contributed by atoms with Crippen LogP contribution in [0.15, 0.2) is 57.5 Å². The van der Waals surface area contributed by atoms with Gasteiger partial charge in [0.15, 0.2) is 0 Å². The molecule has 24 heavy (non-hydrogen) atoms. The molecule has 0 aliphatic rings. The van der Waals surface area contributed by atoms with Crippen molar-refractivity contribution in [3.8, 4) is 17.6 Å². The second-order valence-electron chi connectivity index (χ2n) is 4.89. The van der Waals surface area contributed by atoms with Gasteiger partial charge in [0, 0.05) is 16.6 Å². The highest BCUT2D eigenvalue weighted by Crippen LogP contribution is 2.37. The number of hydrogen-bond acceptors (Lipinski definition) is 4. The third-order valence-corrected chi connectivity index (χ3v) is 4.70. The Morgan fingerprint density at radius 3 is 2.58 bits per heavy atom. The SMILES string of the molecule is N#Cc1cc(Oc2ccc3cc(Br)ccc3c2Br)ccc1[N+](=O)[O-]. The number of nitrogens with zero attached hydrogens (tertiary/aromatic N) is 2. The van der Waals surface area contributed by atoms with Gasteiger partial charge in [0.05, 0.1) is 9.40 Å². The van der Waals surface area contributed by atoms with Gasteiger partial charge in [-0.05, 0) is 51.0 Å². The molecule has 118 valence electrons. The molecular formula is C17H8Br2N2O3. The summed E-state index contributed by atoms with van der Waals surface area (Å²) in [7, 11) is 0. The summed E-state index contributed by atoms with van der Waals surface area (Å²) in [5.41, 5.74) is -0.286. The molecule has 0 aromatic heterocycles. The maximum absolute atomic E-state index is 10.9. The summed E-state index contributed by atoms with van der Waals surface area (Å²) in [5, 5.41) is 21.9. The molecule has 0 bridgehead atoms. The molecule has 0 aliphatic carbocycles. The highest BCUT2D eigenvalue weighted by molar-refractivity contribution is 9.11. The monoisotopic (exact) mass is 446 g/mol. The molecule has 7 heteroatoms. The fraction of sp³-hybridized carbons (Fsp3) is 0. The van der Waals surface area contributed by atoms with Gasteiger partial charge in [-0.2, -0.15) is 5.26 Å². The summed E-state index contributed by atoms with van der Waals surface area (Å²) in [6.45, 7) is 0. The maximum Gasteiger partial charge on any atom is 0.287 e. The van der Waals surface area contributed by atoms with Gasteiger partial charge in [0.2, 0.25) is 0 Å². The summed E-state index contributed by atoms with van der Waals surface area (Å²) in [5.74, 6) is 0.914. The number of halogens is 2. The number of fused-ring (bicyclic) bond motifs is 1. The summed E-state index contributed by atoms with van der Waals surface area (Å²) in [4.78, 5) is 10.3. The van der Waals surface area contributed by atoms with E-state index in [0.29, 0.717) is 11.5 Å². The second kappa shape index (κ2) is 6.59. The lowest BCUT2D eigenvalue weighted by Crippen LogP contribution is -1.93. The predicted molar refractivity (Wildman–Crippen MR) is 97.2 cm³/mol. The lowest BCUT2D eigenvalue weighted by molar-refractivity contribution is -0.385. The highest BCUT2D eigenvalue weighted by Gasteiger charge is 2.15. The van der Waals surface area contributed by atoms with Crippen LogP contribution in [0.5, 0.6) is 11.5 Å². The molecule has 0 spiro atoms. The Bertz CT molecular complexity index is 1010. The van der Waals surface area contributed by atoms with Gasteiger partial charge in [-0.1, -0.05) is 28.1 Å². The summed E-state index contributed by atoms with van der Waals surface area (Å²) < 4.78 is 7.54. The normalized spacial score (nSPS) is 10.4. The van der Waals surface area contributed by atoms with Crippen molar-refractivity contribution in [2.24, 2.45) is 0 Å². The lowest BCUT2D eigenvalue weighted by atomic mass is 10.1. The van der Waals surface area contributed by atoms with Crippen molar-refractivity contribution in [1.82, 2.24) is 0 Å². The summed E-state index contributed by atoms with van der Waals surface area (Å²) in [6.07, 6.45) is 0. The molecule has 0 radical (unpaired) electrons. The van der Waals surface area contributed by atoms with Gasteiger partial charge >= 0.3 is 0 Å². The Balaban J connectivity index is 2.01. The zero-order valence-corrected chi connectivity index (χ0v) is 15.2. The van der Waals surface area contributed by atoms with Gasteiger partial charge in [-0.15, -0.1) is 0 Å². The molecule has 0 fully saturated rings. The maximum atomic E-state index is 10.9. The third kappa shape index (κ3) is 3.11. The molecule has 0 N–H and O–H groups in total. The van der Waals surface area contributed by atoms with Crippen LogP contribution in [-0.4, -0.2) is 4.92 Å². The molecule has 0 amide bonds. The van der Waals surface area contributed by atoms with Crippen molar-refractivity contribution in [2.75, 3.05) is 0 Å². The topological polar surface area (TPSA) is 76.2 Å². The quantitative estimate of drug-likeness (QED) is 0.368. The number of nitriles is 1. The molecule has 3 aromatic rings. The largest absolute Gasteiger partial charge is 0.456 e. The zero-order valence-electron chi connectivity index (χ0n) is 12.0. The van der Waals surface area contributed by atoms with E-state index in [2.05, 4.69) is 31.9 Å². The number of hydrogen-bond donors (Lipinski definition) is 0. The van der Waals surface area contributed by atoms with E-state index in [9.17, 15) is 10.1 Å². The molecule has 0 atom stereocenters. The average Bonchev–Trinajstić information content (AvgIpc) is 2.57. The average molecular weight is 448 g/mol. The van der Waals surface area contributed by atoms with E-state index in [0.717, 1.165) is 19.7 Å². The molecule has 0 unspecified atom stereocenters. The van der Waals surface area contributed by atoms with Crippen molar-refractivity contribution >= 4 is 48.3 Å². The molecule has 0 heterocycles. The summed E-state index contributed by atoms with van der Waals surface area (Å²) >= 11 is 6.95. The first-order valence-electron chi connectivity index (χ1n) is 6.74. The fourth-order valence-corrected chi connectivity index (χ4v) is 3.23. The Kier molecular flexibility index (Phi) is 4.51. The molecule has 0 saturated carbocycles. The van der Waals surface area contributed by atoms with Crippen LogP contribution in [-0.2, 0) is 0 Å². The van der Waals surface area contributed by atoms with Gasteiger partial charge in [-0.25, -0.2) is 0 Å². The van der Waals surface area contributed by atoms with E-state index in [1.807, 2.05) is 30.3 Å². The van der Waals surface area contributed by atoms with Crippen molar-refractivity contribution < 1.29 is 9.66 Å². The van der Waals surface area contributed by atoms with Crippen molar-refractivity contribution in [1.29, 1.82) is 5.26 Å². The van der Waals surface area contributed by atoms with Crippen LogP contribution >= 0.6 is 31.9 Å². The predicted octanol–water partition coefficient (Wildman–Crippen LogP) is 5.94. The Hall–Kier alpha value is -2.43.